The maximum absolute atomic E-state index is 13.5. The van der Waals surface area contributed by atoms with Gasteiger partial charge in [0.05, 0.1) is 17.3 Å². The number of rotatable bonds is 4. The number of aromatic nitrogens is 1. The second kappa shape index (κ2) is 5.23. The van der Waals surface area contributed by atoms with Crippen LogP contribution in [0.25, 0.3) is 0 Å². The second-order valence-corrected chi connectivity index (χ2v) is 3.51. The highest BCUT2D eigenvalue weighted by Crippen LogP contribution is 2.09. The zero-order valence-corrected chi connectivity index (χ0v) is 8.98. The van der Waals surface area contributed by atoms with E-state index in [1.165, 1.54) is 12.3 Å². The van der Waals surface area contributed by atoms with E-state index in [9.17, 15) is 4.39 Å². The van der Waals surface area contributed by atoms with Crippen molar-refractivity contribution in [1.82, 2.24) is 10.5 Å². The molecule has 1 N–H and O–H groups in total. The maximum atomic E-state index is 13.5. The average Bonchev–Trinajstić information content (AvgIpc) is 2.84. The zero-order chi connectivity index (χ0) is 12.1. The van der Waals surface area contributed by atoms with Crippen LogP contribution in [-0.2, 0) is 13.1 Å². The Balaban J connectivity index is 1.93. The van der Waals surface area contributed by atoms with Gasteiger partial charge in [-0.15, -0.1) is 0 Å². The van der Waals surface area contributed by atoms with Crippen molar-refractivity contribution in [3.63, 3.8) is 0 Å². The van der Waals surface area contributed by atoms with Gasteiger partial charge in [0.2, 0.25) is 0 Å². The van der Waals surface area contributed by atoms with Crippen molar-refractivity contribution >= 4 is 0 Å². The number of nitrogens with one attached hydrogen (secondary N) is 1. The summed E-state index contributed by atoms with van der Waals surface area (Å²) in [4.78, 5) is 0. The quantitative estimate of drug-likeness (QED) is 0.873. The minimum absolute atomic E-state index is 0.322. The summed E-state index contributed by atoms with van der Waals surface area (Å²) in [7, 11) is 0. The fraction of sp³-hybridized carbons (Fsp3) is 0.167. The molecule has 2 rings (SSSR count). The molecule has 0 radical (unpaired) electrons. The van der Waals surface area contributed by atoms with Crippen LogP contribution in [0.5, 0.6) is 0 Å². The van der Waals surface area contributed by atoms with Crippen LogP contribution in [0.1, 0.15) is 16.8 Å². The standard InChI is InChI=1S/C12H10FN3O/c13-12-5-9(6-14)1-2-10(12)7-15-8-11-3-4-17-16-11/h1-5,15H,7-8H2. The van der Waals surface area contributed by atoms with E-state index in [0.29, 0.717) is 24.2 Å². The number of halogens is 1. The zero-order valence-electron chi connectivity index (χ0n) is 8.98. The van der Waals surface area contributed by atoms with Gasteiger partial charge in [-0.05, 0) is 12.1 Å². The second-order valence-electron chi connectivity index (χ2n) is 3.51. The highest BCUT2D eigenvalue weighted by atomic mass is 19.1. The van der Waals surface area contributed by atoms with Crippen molar-refractivity contribution < 1.29 is 8.91 Å². The summed E-state index contributed by atoms with van der Waals surface area (Å²) in [5, 5.41) is 15.4. The van der Waals surface area contributed by atoms with Crippen LogP contribution in [-0.4, -0.2) is 5.16 Å². The van der Waals surface area contributed by atoms with Gasteiger partial charge < -0.3 is 9.84 Å². The Bertz CT molecular complexity index is 531. The summed E-state index contributed by atoms with van der Waals surface area (Å²) >= 11 is 0. The van der Waals surface area contributed by atoms with Gasteiger partial charge in [0.15, 0.2) is 0 Å². The highest BCUT2D eigenvalue weighted by Gasteiger charge is 2.03. The minimum Gasteiger partial charge on any atom is -0.364 e. The smallest absolute Gasteiger partial charge is 0.129 e. The van der Waals surface area contributed by atoms with Crippen molar-refractivity contribution in [2.24, 2.45) is 0 Å². The third-order valence-electron chi connectivity index (χ3n) is 2.29. The molecule has 0 fully saturated rings. The fourth-order valence-electron chi connectivity index (χ4n) is 1.41. The van der Waals surface area contributed by atoms with Crippen LogP contribution in [0, 0.1) is 17.1 Å². The first-order valence-electron chi connectivity index (χ1n) is 5.08. The van der Waals surface area contributed by atoms with E-state index >= 15 is 0 Å². The van der Waals surface area contributed by atoms with E-state index in [-0.39, 0.29) is 5.82 Å². The lowest BCUT2D eigenvalue weighted by Crippen LogP contribution is -2.13. The molecule has 0 unspecified atom stereocenters. The molecule has 17 heavy (non-hydrogen) atoms. The molecular weight excluding hydrogens is 221 g/mol. The number of hydrogen-bond donors (Lipinski definition) is 1. The van der Waals surface area contributed by atoms with Gasteiger partial charge in [0, 0.05) is 24.7 Å². The van der Waals surface area contributed by atoms with Crippen molar-refractivity contribution in [3.8, 4) is 6.07 Å². The van der Waals surface area contributed by atoms with E-state index in [0.717, 1.165) is 5.69 Å². The predicted molar refractivity (Wildman–Crippen MR) is 58.2 cm³/mol. The summed E-state index contributed by atoms with van der Waals surface area (Å²) in [5.74, 6) is -0.378. The molecular formula is C12H10FN3O. The van der Waals surface area contributed by atoms with Gasteiger partial charge in [0.25, 0.3) is 0 Å². The van der Waals surface area contributed by atoms with Gasteiger partial charge in [-0.2, -0.15) is 5.26 Å². The van der Waals surface area contributed by atoms with Crippen LogP contribution < -0.4 is 5.32 Å². The van der Waals surface area contributed by atoms with Gasteiger partial charge in [-0.25, -0.2) is 4.39 Å². The Morgan fingerprint density at radius 1 is 1.35 bits per heavy atom. The lowest BCUT2D eigenvalue weighted by atomic mass is 10.1. The lowest BCUT2D eigenvalue weighted by molar-refractivity contribution is 0.408. The van der Waals surface area contributed by atoms with E-state index < -0.39 is 0 Å². The molecule has 0 aliphatic rings. The van der Waals surface area contributed by atoms with Crippen LogP contribution >= 0.6 is 0 Å². The number of nitrogens with zero attached hydrogens (tertiary/aromatic N) is 2. The lowest BCUT2D eigenvalue weighted by Gasteiger charge is -2.04. The van der Waals surface area contributed by atoms with Crippen molar-refractivity contribution in [2.75, 3.05) is 0 Å². The molecule has 4 nitrogen and oxygen atoms in total. The average molecular weight is 231 g/mol. The van der Waals surface area contributed by atoms with E-state index in [2.05, 4.69) is 15.0 Å². The maximum Gasteiger partial charge on any atom is 0.129 e. The molecule has 0 atom stereocenters. The fourth-order valence-corrected chi connectivity index (χ4v) is 1.41. The summed E-state index contributed by atoms with van der Waals surface area (Å²) in [6, 6.07) is 8.05. The van der Waals surface area contributed by atoms with Gasteiger partial charge in [0.1, 0.15) is 12.1 Å². The molecule has 1 aromatic carbocycles. The van der Waals surface area contributed by atoms with Crippen LogP contribution in [0.15, 0.2) is 35.1 Å². The monoisotopic (exact) mass is 231 g/mol. The summed E-state index contributed by atoms with van der Waals surface area (Å²) in [5.41, 5.74) is 1.61. The molecule has 5 heteroatoms. The van der Waals surface area contributed by atoms with Crippen LogP contribution in [0.2, 0.25) is 0 Å². The first-order chi connectivity index (χ1) is 8.29. The Labute approximate surface area is 97.7 Å². The molecule has 0 spiro atoms. The predicted octanol–water partition coefficient (Wildman–Crippen LogP) is 1.98. The topological polar surface area (TPSA) is 61.9 Å². The Kier molecular flexibility index (Phi) is 3.48. The Morgan fingerprint density at radius 3 is 2.88 bits per heavy atom. The minimum atomic E-state index is -0.378. The van der Waals surface area contributed by atoms with Gasteiger partial charge in [-0.3, -0.25) is 0 Å². The number of benzene rings is 1. The van der Waals surface area contributed by atoms with Crippen LogP contribution in [0.4, 0.5) is 4.39 Å². The van der Waals surface area contributed by atoms with E-state index in [4.69, 9.17) is 5.26 Å². The van der Waals surface area contributed by atoms with E-state index in [1.807, 2.05) is 6.07 Å². The first kappa shape index (κ1) is 11.3. The van der Waals surface area contributed by atoms with Crippen LogP contribution in [0.3, 0.4) is 0 Å². The third kappa shape index (κ3) is 2.89. The molecule has 86 valence electrons. The molecule has 0 bridgehead atoms. The molecule has 0 aliphatic carbocycles. The molecule has 0 saturated heterocycles. The SMILES string of the molecule is N#Cc1ccc(CNCc2ccon2)c(F)c1. The summed E-state index contributed by atoms with van der Waals surface area (Å²) in [6.07, 6.45) is 1.49. The number of hydrogen-bond acceptors (Lipinski definition) is 4. The highest BCUT2D eigenvalue weighted by molar-refractivity contribution is 5.32. The Hall–Kier alpha value is -2.19. The molecule has 2 aromatic rings. The summed E-state index contributed by atoms with van der Waals surface area (Å²) in [6.45, 7) is 0.889. The largest absolute Gasteiger partial charge is 0.364 e. The molecule has 0 aliphatic heterocycles. The van der Waals surface area contributed by atoms with Crippen molar-refractivity contribution in [3.05, 3.63) is 53.2 Å². The normalized spacial score (nSPS) is 10.1. The van der Waals surface area contributed by atoms with Gasteiger partial charge >= 0.3 is 0 Å². The van der Waals surface area contributed by atoms with E-state index in [1.54, 1.807) is 18.2 Å². The van der Waals surface area contributed by atoms with Crippen molar-refractivity contribution in [1.29, 1.82) is 5.26 Å². The molecule has 0 saturated carbocycles. The Morgan fingerprint density at radius 2 is 2.24 bits per heavy atom. The van der Waals surface area contributed by atoms with Crippen molar-refractivity contribution in [2.45, 2.75) is 13.1 Å². The first-order valence-corrected chi connectivity index (χ1v) is 5.08. The molecule has 1 heterocycles. The van der Waals surface area contributed by atoms with Gasteiger partial charge in [-0.1, -0.05) is 11.2 Å². The molecule has 0 amide bonds. The molecule has 1 aromatic heterocycles. The summed E-state index contributed by atoms with van der Waals surface area (Å²) < 4.78 is 18.1. The number of nitriles is 1. The third-order valence-corrected chi connectivity index (χ3v) is 2.29.